The van der Waals surface area contributed by atoms with Crippen molar-refractivity contribution in [1.82, 2.24) is 24.8 Å². The molecule has 4 heterocycles. The van der Waals surface area contributed by atoms with Crippen molar-refractivity contribution in [2.24, 2.45) is 0 Å². The number of ether oxygens (including phenoxy) is 1. The summed E-state index contributed by atoms with van der Waals surface area (Å²) in [4.78, 5) is 41.6. The molecule has 35 heavy (non-hydrogen) atoms. The third-order valence-corrected chi connectivity index (χ3v) is 6.95. The van der Waals surface area contributed by atoms with Gasteiger partial charge < -0.3 is 14.6 Å². The van der Waals surface area contributed by atoms with Gasteiger partial charge in [0.05, 0.1) is 11.1 Å². The van der Waals surface area contributed by atoms with Crippen LogP contribution < -0.4 is 0 Å². The van der Waals surface area contributed by atoms with Gasteiger partial charge in [0.15, 0.2) is 5.65 Å². The Morgan fingerprint density at radius 2 is 2.11 bits per heavy atom. The minimum absolute atomic E-state index is 0.00991. The van der Waals surface area contributed by atoms with Crippen LogP contribution in [0.25, 0.3) is 11.2 Å². The Labute approximate surface area is 204 Å². The van der Waals surface area contributed by atoms with E-state index >= 15 is 0 Å². The van der Waals surface area contributed by atoms with Crippen LogP contribution in [0.3, 0.4) is 0 Å². The molecule has 8 nitrogen and oxygen atoms in total. The highest BCUT2D eigenvalue weighted by Gasteiger charge is 2.30. The van der Waals surface area contributed by atoms with Crippen molar-refractivity contribution in [3.63, 3.8) is 0 Å². The largest absolute Gasteiger partial charge is 0.381 e. The summed E-state index contributed by atoms with van der Waals surface area (Å²) in [5.41, 5.74) is 4.19. The van der Waals surface area contributed by atoms with Gasteiger partial charge in [0.2, 0.25) is 0 Å². The van der Waals surface area contributed by atoms with Gasteiger partial charge in [0, 0.05) is 68.7 Å². The molecular weight excluding hydrogens is 442 g/mol. The summed E-state index contributed by atoms with van der Waals surface area (Å²) in [6.45, 7) is 6.28. The molecule has 2 fully saturated rings. The summed E-state index contributed by atoms with van der Waals surface area (Å²) >= 11 is 0. The zero-order chi connectivity index (χ0) is 24.4. The monoisotopic (exact) mass is 471 g/mol. The van der Waals surface area contributed by atoms with Gasteiger partial charge in [-0.25, -0.2) is 9.97 Å². The topological polar surface area (TPSA) is 91.4 Å². The van der Waals surface area contributed by atoms with E-state index in [1.54, 1.807) is 18.3 Å². The van der Waals surface area contributed by atoms with Gasteiger partial charge in [0.25, 0.3) is 5.91 Å². The lowest BCUT2D eigenvalue weighted by Crippen LogP contribution is -2.53. The van der Waals surface area contributed by atoms with E-state index < -0.39 is 0 Å². The Balaban J connectivity index is 1.30. The molecule has 0 aliphatic carbocycles. The van der Waals surface area contributed by atoms with Gasteiger partial charge in [0.1, 0.15) is 12.1 Å². The highest BCUT2D eigenvalue weighted by Crippen LogP contribution is 2.28. The Morgan fingerprint density at radius 3 is 2.86 bits per heavy atom. The number of imidazole rings is 1. The number of piperazine rings is 1. The number of nitrogens with one attached hydrogen (secondary N) is 1. The van der Waals surface area contributed by atoms with E-state index in [0.717, 1.165) is 56.8 Å². The van der Waals surface area contributed by atoms with Crippen molar-refractivity contribution in [3.05, 3.63) is 58.5 Å². The molecule has 1 N–H and O–H groups in total. The van der Waals surface area contributed by atoms with Gasteiger partial charge in [-0.05, 0) is 49.6 Å². The zero-order valence-electron chi connectivity index (χ0n) is 19.9. The number of carbonyl (C=O) groups is 2. The average molecular weight is 472 g/mol. The SMILES string of the molecule is C#Cc1cc(C=O)cc(CN2CCN(C(=O)c3ccnc4nc(C5CCOCC5)[nH]c34)[C@H](C)C2)c1. The highest BCUT2D eigenvalue weighted by atomic mass is 16.5. The zero-order valence-corrected chi connectivity index (χ0v) is 19.9. The molecule has 2 aromatic heterocycles. The van der Waals surface area contributed by atoms with Gasteiger partial charge in [-0.2, -0.15) is 0 Å². The maximum Gasteiger partial charge on any atom is 0.256 e. The third-order valence-electron chi connectivity index (χ3n) is 6.95. The van der Waals surface area contributed by atoms with Gasteiger partial charge in [-0.3, -0.25) is 14.5 Å². The van der Waals surface area contributed by atoms with Crippen molar-refractivity contribution >= 4 is 23.4 Å². The van der Waals surface area contributed by atoms with Crippen LogP contribution in [0.4, 0.5) is 0 Å². The number of hydrogen-bond donors (Lipinski definition) is 1. The van der Waals surface area contributed by atoms with Crippen LogP contribution in [-0.2, 0) is 11.3 Å². The number of aromatic amines is 1. The number of aromatic nitrogens is 3. The Kier molecular flexibility index (Phi) is 6.62. The molecule has 0 saturated carbocycles. The summed E-state index contributed by atoms with van der Waals surface area (Å²) in [6, 6.07) is 7.34. The maximum atomic E-state index is 13.6. The molecule has 1 aromatic carbocycles. The first kappa shape index (κ1) is 23.2. The summed E-state index contributed by atoms with van der Waals surface area (Å²) in [6.07, 6.45) is 9.86. The number of rotatable bonds is 5. The molecule has 0 spiro atoms. The van der Waals surface area contributed by atoms with E-state index in [4.69, 9.17) is 16.1 Å². The summed E-state index contributed by atoms with van der Waals surface area (Å²) < 4.78 is 5.47. The second kappa shape index (κ2) is 9.98. The van der Waals surface area contributed by atoms with Crippen LogP contribution in [-0.4, -0.2) is 75.8 Å². The number of pyridine rings is 1. The van der Waals surface area contributed by atoms with Crippen LogP contribution in [0, 0.1) is 12.3 Å². The van der Waals surface area contributed by atoms with Crippen LogP contribution in [0.2, 0.25) is 0 Å². The van der Waals surface area contributed by atoms with Gasteiger partial charge in [-0.15, -0.1) is 6.42 Å². The minimum atomic E-state index is -0.00991. The van der Waals surface area contributed by atoms with E-state index in [1.165, 1.54) is 0 Å². The van der Waals surface area contributed by atoms with Crippen molar-refractivity contribution < 1.29 is 14.3 Å². The van der Waals surface area contributed by atoms with Gasteiger partial charge in [-0.1, -0.05) is 5.92 Å². The number of fused-ring (bicyclic) bond motifs is 1. The summed E-state index contributed by atoms with van der Waals surface area (Å²) in [5.74, 6) is 3.79. The maximum absolute atomic E-state index is 13.6. The molecule has 2 aliphatic heterocycles. The van der Waals surface area contributed by atoms with E-state index in [-0.39, 0.29) is 11.9 Å². The normalized spacial score (nSPS) is 19.5. The Morgan fingerprint density at radius 1 is 1.29 bits per heavy atom. The lowest BCUT2D eigenvalue weighted by molar-refractivity contribution is 0.0477. The first-order valence-electron chi connectivity index (χ1n) is 12.1. The van der Waals surface area contributed by atoms with Crippen LogP contribution >= 0.6 is 0 Å². The quantitative estimate of drug-likeness (QED) is 0.454. The standard InChI is InChI=1S/C27H29N5O3/c1-3-19-12-20(14-21(13-19)17-33)16-31-8-9-32(18(2)15-31)27(34)23-4-7-28-26-24(23)29-25(30-26)22-5-10-35-11-6-22/h1,4,7,12-14,17-18,22H,5-6,8-11,15-16H2,2H3,(H,28,29,30)/t18-/m1/s1. The minimum Gasteiger partial charge on any atom is -0.381 e. The number of amides is 1. The second-order valence-electron chi connectivity index (χ2n) is 9.37. The van der Waals surface area contributed by atoms with Gasteiger partial charge >= 0.3 is 0 Å². The van der Waals surface area contributed by atoms with Crippen LogP contribution in [0.5, 0.6) is 0 Å². The summed E-state index contributed by atoms with van der Waals surface area (Å²) in [5, 5.41) is 0. The number of nitrogens with zero attached hydrogens (tertiary/aromatic N) is 4. The highest BCUT2D eigenvalue weighted by molar-refractivity contribution is 6.04. The molecule has 2 saturated heterocycles. The molecule has 1 atom stereocenters. The predicted octanol–water partition coefficient (Wildman–Crippen LogP) is 2.99. The first-order valence-corrected chi connectivity index (χ1v) is 12.1. The van der Waals surface area contributed by atoms with E-state index in [2.05, 4.69) is 27.7 Å². The molecule has 180 valence electrons. The molecule has 8 heteroatoms. The average Bonchev–Trinajstić information content (AvgIpc) is 3.33. The Hall–Kier alpha value is -3.54. The molecule has 1 amide bonds. The number of terminal acetylenes is 1. The van der Waals surface area contributed by atoms with E-state index in [1.807, 2.05) is 17.0 Å². The number of benzene rings is 1. The fourth-order valence-corrected chi connectivity index (χ4v) is 5.12. The molecule has 3 aromatic rings. The molecular formula is C27H29N5O3. The lowest BCUT2D eigenvalue weighted by atomic mass is 10.00. The molecule has 2 aliphatic rings. The lowest BCUT2D eigenvalue weighted by Gasteiger charge is -2.40. The summed E-state index contributed by atoms with van der Waals surface area (Å²) in [7, 11) is 0. The van der Waals surface area contributed by atoms with Crippen molar-refractivity contribution in [2.45, 2.75) is 38.3 Å². The third kappa shape index (κ3) is 4.83. The predicted molar refractivity (Wildman–Crippen MR) is 132 cm³/mol. The van der Waals surface area contributed by atoms with E-state index in [9.17, 15) is 9.59 Å². The van der Waals surface area contributed by atoms with E-state index in [0.29, 0.717) is 46.9 Å². The number of H-pyrrole nitrogens is 1. The van der Waals surface area contributed by atoms with Crippen molar-refractivity contribution in [2.75, 3.05) is 32.8 Å². The molecule has 0 radical (unpaired) electrons. The molecule has 5 rings (SSSR count). The van der Waals surface area contributed by atoms with Crippen LogP contribution in [0.1, 0.15) is 63.4 Å². The number of aldehydes is 1. The van der Waals surface area contributed by atoms with Crippen LogP contribution in [0.15, 0.2) is 30.5 Å². The molecule has 0 unspecified atom stereocenters. The number of hydrogen-bond acceptors (Lipinski definition) is 6. The smallest absolute Gasteiger partial charge is 0.256 e. The Bertz CT molecular complexity index is 1290. The second-order valence-corrected chi connectivity index (χ2v) is 9.37. The number of carbonyl (C=O) groups excluding carboxylic acids is 2. The van der Waals surface area contributed by atoms with Crippen molar-refractivity contribution in [3.8, 4) is 12.3 Å². The molecule has 0 bridgehead atoms. The fraction of sp³-hybridized carbons (Fsp3) is 0.407. The first-order chi connectivity index (χ1) is 17.1. The fourth-order valence-electron chi connectivity index (χ4n) is 5.12. The van der Waals surface area contributed by atoms with Crippen molar-refractivity contribution in [1.29, 1.82) is 0 Å².